The van der Waals surface area contributed by atoms with E-state index in [-0.39, 0.29) is 0 Å². The lowest BCUT2D eigenvalue weighted by molar-refractivity contribution is 0.843. The molecule has 0 unspecified atom stereocenters. The van der Waals surface area contributed by atoms with Gasteiger partial charge in [-0.3, -0.25) is 0 Å². The summed E-state index contributed by atoms with van der Waals surface area (Å²) in [5.41, 5.74) is 6.52. The third kappa shape index (κ3) is 2.16. The molecule has 14 heavy (non-hydrogen) atoms. The van der Waals surface area contributed by atoms with Crippen LogP contribution in [-0.4, -0.2) is 18.1 Å². The van der Waals surface area contributed by atoms with Crippen LogP contribution in [0.15, 0.2) is 12.3 Å². The molecule has 0 aliphatic rings. The normalized spacial score (nSPS) is 10.3. The van der Waals surface area contributed by atoms with Crippen LogP contribution in [0, 0.1) is 0 Å². The average Bonchev–Trinajstić information content (AvgIpc) is 2.22. The Labute approximate surface area is 89.9 Å². The van der Waals surface area contributed by atoms with Gasteiger partial charge in [-0.15, -0.1) is 0 Å². The second-order valence-corrected chi connectivity index (χ2v) is 3.36. The fourth-order valence-corrected chi connectivity index (χ4v) is 1.68. The number of rotatable bonds is 4. The maximum atomic E-state index is 6.18. The highest BCUT2D eigenvalue weighted by atomic mass is 35.5. The van der Waals surface area contributed by atoms with Crippen molar-refractivity contribution in [1.29, 1.82) is 0 Å². The molecular weight excluding hydrogens is 198 g/mol. The van der Waals surface area contributed by atoms with Crippen molar-refractivity contribution in [1.82, 2.24) is 4.98 Å². The summed E-state index contributed by atoms with van der Waals surface area (Å²) in [5, 5.41) is 0.679. The van der Waals surface area contributed by atoms with Crippen molar-refractivity contribution >= 4 is 17.4 Å². The third-order valence-corrected chi connectivity index (χ3v) is 2.65. The van der Waals surface area contributed by atoms with Crippen LogP contribution in [0.25, 0.3) is 0 Å². The Morgan fingerprint density at radius 3 is 2.57 bits per heavy atom. The van der Waals surface area contributed by atoms with Crippen LogP contribution in [0.1, 0.15) is 19.4 Å². The predicted molar refractivity (Wildman–Crippen MR) is 60.7 cm³/mol. The minimum Gasteiger partial charge on any atom is -0.356 e. The van der Waals surface area contributed by atoms with Crippen LogP contribution in [0.4, 0.5) is 5.82 Å². The van der Waals surface area contributed by atoms with E-state index in [0.717, 1.165) is 24.5 Å². The van der Waals surface area contributed by atoms with Crippen LogP contribution in [-0.2, 0) is 6.54 Å². The highest BCUT2D eigenvalue weighted by molar-refractivity contribution is 6.33. The van der Waals surface area contributed by atoms with E-state index in [1.165, 1.54) is 0 Å². The molecule has 0 aromatic carbocycles. The number of aromatic nitrogens is 1. The second kappa shape index (κ2) is 5.17. The summed E-state index contributed by atoms with van der Waals surface area (Å²) in [5.74, 6) is 0.833. The van der Waals surface area contributed by atoms with Gasteiger partial charge in [0.05, 0.1) is 5.02 Å². The number of pyridine rings is 1. The van der Waals surface area contributed by atoms with Crippen LogP contribution in [0.5, 0.6) is 0 Å². The van der Waals surface area contributed by atoms with Gasteiger partial charge in [-0.1, -0.05) is 11.6 Å². The van der Waals surface area contributed by atoms with Crippen LogP contribution in [0.3, 0.4) is 0 Å². The summed E-state index contributed by atoms with van der Waals surface area (Å²) in [6.07, 6.45) is 1.75. The number of hydrogen-bond acceptors (Lipinski definition) is 3. The summed E-state index contributed by atoms with van der Waals surface area (Å²) in [6, 6.07) is 1.86. The molecule has 1 aromatic rings. The van der Waals surface area contributed by atoms with Crippen molar-refractivity contribution in [3.63, 3.8) is 0 Å². The quantitative estimate of drug-likeness (QED) is 0.833. The molecule has 78 valence electrons. The first kappa shape index (κ1) is 11.3. The monoisotopic (exact) mass is 213 g/mol. The Morgan fingerprint density at radius 1 is 1.43 bits per heavy atom. The van der Waals surface area contributed by atoms with Crippen molar-refractivity contribution in [2.45, 2.75) is 20.4 Å². The summed E-state index contributed by atoms with van der Waals surface area (Å²) in [4.78, 5) is 6.38. The molecule has 1 heterocycles. The van der Waals surface area contributed by atoms with Gasteiger partial charge < -0.3 is 10.6 Å². The van der Waals surface area contributed by atoms with Gasteiger partial charge in [0.15, 0.2) is 0 Å². The van der Waals surface area contributed by atoms with Crippen molar-refractivity contribution in [2.24, 2.45) is 5.73 Å². The topological polar surface area (TPSA) is 42.2 Å². The van der Waals surface area contributed by atoms with Gasteiger partial charge in [0.25, 0.3) is 0 Å². The minimum atomic E-state index is 0.454. The van der Waals surface area contributed by atoms with Gasteiger partial charge in [-0.05, 0) is 25.5 Å². The third-order valence-electron chi connectivity index (χ3n) is 2.23. The number of anilines is 1. The maximum Gasteiger partial charge on any atom is 0.147 e. The Balaban J connectivity index is 3.07. The van der Waals surface area contributed by atoms with E-state index in [2.05, 4.69) is 23.7 Å². The number of nitrogens with zero attached hydrogens (tertiary/aromatic N) is 2. The van der Waals surface area contributed by atoms with Crippen LogP contribution in [0.2, 0.25) is 5.02 Å². The average molecular weight is 214 g/mol. The van der Waals surface area contributed by atoms with Gasteiger partial charge in [0.2, 0.25) is 0 Å². The molecule has 4 heteroatoms. The number of nitrogens with two attached hydrogens (primary N) is 1. The molecule has 0 saturated heterocycles. The van der Waals surface area contributed by atoms with Crippen molar-refractivity contribution < 1.29 is 0 Å². The molecule has 0 atom stereocenters. The lowest BCUT2D eigenvalue weighted by atomic mass is 10.2. The van der Waals surface area contributed by atoms with Crippen LogP contribution < -0.4 is 10.6 Å². The summed E-state index contributed by atoms with van der Waals surface area (Å²) < 4.78 is 0. The predicted octanol–water partition coefficient (Wildman–Crippen LogP) is 2.04. The van der Waals surface area contributed by atoms with E-state index in [1.807, 2.05) is 6.07 Å². The zero-order valence-corrected chi connectivity index (χ0v) is 9.38. The van der Waals surface area contributed by atoms with Crippen LogP contribution >= 0.6 is 11.6 Å². The fraction of sp³-hybridized carbons (Fsp3) is 0.500. The highest BCUT2D eigenvalue weighted by Crippen LogP contribution is 2.26. The zero-order chi connectivity index (χ0) is 10.6. The Hall–Kier alpha value is -0.800. The van der Waals surface area contributed by atoms with Crippen molar-refractivity contribution in [2.75, 3.05) is 18.0 Å². The Morgan fingerprint density at radius 2 is 2.07 bits per heavy atom. The molecular formula is C10H16ClN3. The molecule has 0 spiro atoms. The second-order valence-electron chi connectivity index (χ2n) is 2.98. The van der Waals surface area contributed by atoms with E-state index >= 15 is 0 Å². The van der Waals surface area contributed by atoms with E-state index in [4.69, 9.17) is 17.3 Å². The number of hydrogen-bond donors (Lipinski definition) is 1. The standard InChI is InChI=1S/C10H16ClN3/c1-3-14(4-2)10-9(11)8(7-12)5-6-13-10/h5-6H,3-4,7,12H2,1-2H3. The number of halogens is 1. The van der Waals surface area contributed by atoms with Gasteiger partial charge in [0, 0.05) is 25.8 Å². The van der Waals surface area contributed by atoms with E-state index in [9.17, 15) is 0 Å². The summed E-state index contributed by atoms with van der Waals surface area (Å²) in [6.45, 7) is 6.41. The first-order valence-electron chi connectivity index (χ1n) is 4.82. The fourth-order valence-electron chi connectivity index (χ4n) is 1.37. The van der Waals surface area contributed by atoms with Gasteiger partial charge in [-0.2, -0.15) is 0 Å². The molecule has 0 saturated carbocycles. The molecule has 1 rings (SSSR count). The molecule has 0 aliphatic carbocycles. The Kier molecular flexibility index (Phi) is 4.17. The molecule has 0 radical (unpaired) electrons. The summed E-state index contributed by atoms with van der Waals surface area (Å²) >= 11 is 6.18. The molecule has 2 N–H and O–H groups in total. The molecule has 0 aliphatic heterocycles. The van der Waals surface area contributed by atoms with E-state index in [1.54, 1.807) is 6.20 Å². The lowest BCUT2D eigenvalue weighted by Crippen LogP contribution is -2.23. The molecule has 0 bridgehead atoms. The largest absolute Gasteiger partial charge is 0.356 e. The molecule has 1 aromatic heterocycles. The Bertz CT molecular complexity index is 297. The first-order chi connectivity index (χ1) is 6.74. The maximum absolute atomic E-state index is 6.18. The van der Waals surface area contributed by atoms with Gasteiger partial charge in [-0.25, -0.2) is 4.98 Å². The lowest BCUT2D eigenvalue weighted by Gasteiger charge is -2.21. The van der Waals surface area contributed by atoms with Crippen molar-refractivity contribution in [3.8, 4) is 0 Å². The summed E-state index contributed by atoms with van der Waals surface area (Å²) in [7, 11) is 0. The SMILES string of the molecule is CCN(CC)c1nccc(CN)c1Cl. The molecule has 0 fully saturated rings. The van der Waals surface area contributed by atoms with Gasteiger partial charge in [0.1, 0.15) is 5.82 Å². The molecule has 0 amide bonds. The van der Waals surface area contributed by atoms with E-state index < -0.39 is 0 Å². The minimum absolute atomic E-state index is 0.454. The smallest absolute Gasteiger partial charge is 0.147 e. The van der Waals surface area contributed by atoms with Gasteiger partial charge >= 0.3 is 0 Å². The molecule has 3 nitrogen and oxygen atoms in total. The van der Waals surface area contributed by atoms with E-state index in [0.29, 0.717) is 11.6 Å². The first-order valence-corrected chi connectivity index (χ1v) is 5.20. The van der Waals surface area contributed by atoms with Crippen molar-refractivity contribution in [3.05, 3.63) is 22.8 Å². The highest BCUT2D eigenvalue weighted by Gasteiger charge is 2.10. The zero-order valence-electron chi connectivity index (χ0n) is 8.63.